The Balaban J connectivity index is 2.65. The summed E-state index contributed by atoms with van der Waals surface area (Å²) in [7, 11) is 0. The highest BCUT2D eigenvalue weighted by molar-refractivity contribution is 5.70. The van der Waals surface area contributed by atoms with E-state index in [2.05, 4.69) is 56.0 Å². The van der Waals surface area contributed by atoms with Crippen LogP contribution in [-0.2, 0) is 0 Å². The van der Waals surface area contributed by atoms with Gasteiger partial charge in [0.1, 0.15) is 5.82 Å². The molecule has 0 bridgehead atoms. The third-order valence-corrected chi connectivity index (χ3v) is 3.07. The van der Waals surface area contributed by atoms with E-state index in [9.17, 15) is 0 Å². The Morgan fingerprint density at radius 3 is 2.11 bits per heavy atom. The number of rotatable bonds is 3. The lowest BCUT2D eigenvalue weighted by Crippen LogP contribution is -1.91. The molecule has 2 nitrogen and oxygen atoms in total. The van der Waals surface area contributed by atoms with E-state index in [0.717, 1.165) is 22.8 Å². The quantitative estimate of drug-likeness (QED) is 0.849. The minimum Gasteiger partial charge on any atom is -0.338 e. The van der Waals surface area contributed by atoms with Gasteiger partial charge in [-0.05, 0) is 44.1 Å². The van der Waals surface area contributed by atoms with E-state index < -0.39 is 0 Å². The maximum atomic E-state index is 4.58. The Morgan fingerprint density at radius 1 is 1.06 bits per heavy atom. The van der Waals surface area contributed by atoms with Crippen molar-refractivity contribution >= 4 is 12.2 Å². The molecule has 0 atom stereocenters. The number of aromatic nitrogens is 2. The molecule has 1 aromatic carbocycles. The molecule has 0 spiro atoms. The molecular formula is C16H18N2. The van der Waals surface area contributed by atoms with Gasteiger partial charge in [0.25, 0.3) is 0 Å². The third-order valence-electron chi connectivity index (χ3n) is 3.07. The summed E-state index contributed by atoms with van der Waals surface area (Å²) in [6.45, 7) is 13.9. The number of nitrogens with one attached hydrogen (secondary N) is 1. The zero-order valence-corrected chi connectivity index (χ0v) is 11.2. The average Bonchev–Trinajstić information content (AvgIpc) is 2.70. The average molecular weight is 238 g/mol. The molecule has 2 rings (SSSR count). The summed E-state index contributed by atoms with van der Waals surface area (Å²) in [5.41, 5.74) is 6.66. The fourth-order valence-corrected chi connectivity index (χ4v) is 2.38. The van der Waals surface area contributed by atoms with Gasteiger partial charge in [-0.25, -0.2) is 4.98 Å². The Morgan fingerprint density at radius 2 is 1.67 bits per heavy atom. The highest BCUT2D eigenvalue weighted by Gasteiger charge is 2.12. The van der Waals surface area contributed by atoms with Crippen molar-refractivity contribution in [3.05, 3.63) is 53.4 Å². The molecule has 1 heterocycles. The summed E-state index contributed by atoms with van der Waals surface area (Å²) in [5, 5.41) is 0. The Bertz CT molecular complexity index is 570. The molecule has 0 aliphatic rings. The molecule has 1 N–H and O–H groups in total. The first-order valence-corrected chi connectivity index (χ1v) is 6.00. The van der Waals surface area contributed by atoms with E-state index in [1.165, 1.54) is 16.7 Å². The molecule has 0 fully saturated rings. The number of hydrogen-bond acceptors (Lipinski definition) is 1. The van der Waals surface area contributed by atoms with Gasteiger partial charge < -0.3 is 4.98 Å². The maximum Gasteiger partial charge on any atom is 0.139 e. The van der Waals surface area contributed by atoms with E-state index >= 15 is 0 Å². The van der Waals surface area contributed by atoms with Crippen molar-refractivity contribution in [1.29, 1.82) is 0 Å². The van der Waals surface area contributed by atoms with Crippen LogP contribution in [0.5, 0.6) is 0 Å². The van der Waals surface area contributed by atoms with Crippen LogP contribution in [0.25, 0.3) is 23.5 Å². The molecule has 0 radical (unpaired) electrons. The molecule has 0 amide bonds. The second-order valence-electron chi connectivity index (χ2n) is 4.57. The summed E-state index contributed by atoms with van der Waals surface area (Å²) in [6, 6.07) is 4.35. The molecule has 0 unspecified atom stereocenters. The number of H-pyrrole nitrogens is 1. The second-order valence-corrected chi connectivity index (χ2v) is 4.57. The summed E-state index contributed by atoms with van der Waals surface area (Å²) in [6.07, 6.45) is 3.52. The number of hydrogen-bond donors (Lipinski definition) is 1. The van der Waals surface area contributed by atoms with Crippen molar-refractivity contribution < 1.29 is 0 Å². The first-order chi connectivity index (χ1) is 8.56. The summed E-state index contributed by atoms with van der Waals surface area (Å²) in [4.78, 5) is 7.88. The van der Waals surface area contributed by atoms with E-state index in [1.807, 2.05) is 0 Å². The topological polar surface area (TPSA) is 28.7 Å². The van der Waals surface area contributed by atoms with Gasteiger partial charge in [-0.2, -0.15) is 0 Å². The molecular weight excluding hydrogens is 220 g/mol. The molecule has 2 heteroatoms. The summed E-state index contributed by atoms with van der Waals surface area (Å²) >= 11 is 0. The van der Waals surface area contributed by atoms with Crippen LogP contribution in [0.1, 0.15) is 28.1 Å². The van der Waals surface area contributed by atoms with Crippen LogP contribution in [0.15, 0.2) is 25.3 Å². The van der Waals surface area contributed by atoms with Crippen LogP contribution in [-0.4, -0.2) is 9.97 Å². The predicted octanol–water partition coefficient (Wildman–Crippen LogP) is 4.29. The molecule has 1 aromatic heterocycles. The van der Waals surface area contributed by atoms with E-state index in [4.69, 9.17) is 0 Å². The number of aromatic amines is 1. The number of aryl methyl sites for hydroxylation is 3. The first kappa shape index (κ1) is 12.4. The molecule has 0 aliphatic heterocycles. The minimum absolute atomic E-state index is 0.847. The Hall–Kier alpha value is -2.09. The van der Waals surface area contributed by atoms with Crippen LogP contribution in [0, 0.1) is 20.8 Å². The third kappa shape index (κ3) is 2.02. The van der Waals surface area contributed by atoms with Crippen LogP contribution in [0.2, 0.25) is 0 Å². The highest BCUT2D eigenvalue weighted by atomic mass is 14.9. The highest BCUT2D eigenvalue weighted by Crippen LogP contribution is 2.27. The molecule has 0 aliphatic carbocycles. The van der Waals surface area contributed by atoms with Gasteiger partial charge in [0.2, 0.25) is 0 Å². The zero-order valence-electron chi connectivity index (χ0n) is 11.2. The zero-order chi connectivity index (χ0) is 13.3. The SMILES string of the molecule is C=Cc1nc(-c2c(C)cc(C)cc2C)[nH]c1C=C. The first-order valence-electron chi connectivity index (χ1n) is 6.00. The van der Waals surface area contributed by atoms with Crippen molar-refractivity contribution in [3.63, 3.8) is 0 Å². The Kier molecular flexibility index (Phi) is 3.19. The smallest absolute Gasteiger partial charge is 0.139 e. The van der Waals surface area contributed by atoms with Gasteiger partial charge in [0.15, 0.2) is 0 Å². The molecule has 0 saturated carbocycles. The van der Waals surface area contributed by atoms with Gasteiger partial charge in [0, 0.05) is 5.56 Å². The van der Waals surface area contributed by atoms with Crippen LogP contribution in [0.4, 0.5) is 0 Å². The van der Waals surface area contributed by atoms with Gasteiger partial charge in [-0.1, -0.05) is 30.9 Å². The number of benzene rings is 1. The monoisotopic (exact) mass is 238 g/mol. The van der Waals surface area contributed by atoms with Crippen molar-refractivity contribution in [2.24, 2.45) is 0 Å². The lowest BCUT2D eigenvalue weighted by molar-refractivity contribution is 1.24. The van der Waals surface area contributed by atoms with Crippen LogP contribution in [0.3, 0.4) is 0 Å². The molecule has 92 valence electrons. The Labute approximate surface area is 108 Å². The number of imidazole rings is 1. The van der Waals surface area contributed by atoms with E-state index in [-0.39, 0.29) is 0 Å². The van der Waals surface area contributed by atoms with Gasteiger partial charge in [-0.3, -0.25) is 0 Å². The van der Waals surface area contributed by atoms with Gasteiger partial charge in [-0.15, -0.1) is 0 Å². The van der Waals surface area contributed by atoms with E-state index in [0.29, 0.717) is 0 Å². The largest absolute Gasteiger partial charge is 0.338 e. The molecule has 18 heavy (non-hydrogen) atoms. The fourth-order valence-electron chi connectivity index (χ4n) is 2.38. The standard InChI is InChI=1S/C16H18N2/c1-6-13-14(7-2)18-16(17-13)15-11(4)8-10(3)9-12(15)5/h6-9H,1-2H2,3-5H3,(H,17,18). The van der Waals surface area contributed by atoms with Crippen LogP contribution >= 0.6 is 0 Å². The maximum absolute atomic E-state index is 4.58. The van der Waals surface area contributed by atoms with Gasteiger partial charge >= 0.3 is 0 Å². The molecule has 2 aromatic rings. The van der Waals surface area contributed by atoms with Crippen molar-refractivity contribution in [3.8, 4) is 11.4 Å². The predicted molar refractivity (Wildman–Crippen MR) is 78.4 cm³/mol. The van der Waals surface area contributed by atoms with Gasteiger partial charge in [0.05, 0.1) is 11.4 Å². The lowest BCUT2D eigenvalue weighted by Gasteiger charge is -2.08. The van der Waals surface area contributed by atoms with Crippen molar-refractivity contribution in [2.45, 2.75) is 20.8 Å². The summed E-state index contributed by atoms with van der Waals surface area (Å²) in [5.74, 6) is 0.884. The second kappa shape index (κ2) is 4.65. The fraction of sp³-hybridized carbons (Fsp3) is 0.188. The van der Waals surface area contributed by atoms with Crippen molar-refractivity contribution in [2.75, 3.05) is 0 Å². The summed E-state index contributed by atoms with van der Waals surface area (Å²) < 4.78 is 0. The normalized spacial score (nSPS) is 10.4. The number of nitrogens with zero attached hydrogens (tertiary/aromatic N) is 1. The van der Waals surface area contributed by atoms with E-state index in [1.54, 1.807) is 12.2 Å². The molecule has 0 saturated heterocycles. The lowest BCUT2D eigenvalue weighted by atomic mass is 9.99. The minimum atomic E-state index is 0.847. The van der Waals surface area contributed by atoms with Crippen LogP contribution < -0.4 is 0 Å². The van der Waals surface area contributed by atoms with Crippen molar-refractivity contribution in [1.82, 2.24) is 9.97 Å².